The summed E-state index contributed by atoms with van der Waals surface area (Å²) in [6.45, 7) is 2.08. The first kappa shape index (κ1) is 13.0. The minimum Gasteiger partial charge on any atom is -0.351 e. The summed E-state index contributed by atoms with van der Waals surface area (Å²) in [4.78, 5) is 16.6. The van der Waals surface area contributed by atoms with E-state index in [2.05, 4.69) is 4.98 Å². The van der Waals surface area contributed by atoms with Crippen LogP contribution in [-0.4, -0.2) is 29.5 Å². The monoisotopic (exact) mass is 270 g/mol. The Labute approximate surface area is 110 Å². The molecule has 2 rings (SSSR count). The Hall–Kier alpha value is -1.40. The van der Waals surface area contributed by atoms with Crippen molar-refractivity contribution in [3.8, 4) is 0 Å². The molecule has 0 aromatic carbocycles. The summed E-state index contributed by atoms with van der Waals surface area (Å²) in [5, 5.41) is 11.3. The molecule has 1 aliphatic heterocycles. The highest BCUT2D eigenvalue weighted by Gasteiger charge is 2.26. The summed E-state index contributed by atoms with van der Waals surface area (Å²) >= 11 is 5.75. The largest absolute Gasteiger partial charge is 0.351 e. The number of nitrogens with zero attached hydrogens (tertiary/aromatic N) is 3. The number of hydrogen-bond acceptors (Lipinski definition) is 5. The summed E-state index contributed by atoms with van der Waals surface area (Å²) < 4.78 is 0. The van der Waals surface area contributed by atoms with E-state index in [1.54, 1.807) is 0 Å². The van der Waals surface area contributed by atoms with Gasteiger partial charge in [0.15, 0.2) is 0 Å². The SMILES string of the molecule is NCC1CCCN(c2ncc(Cl)cc2[N+](=O)[O-])C1. The summed E-state index contributed by atoms with van der Waals surface area (Å²) in [6.07, 6.45) is 3.48. The lowest BCUT2D eigenvalue weighted by Crippen LogP contribution is -2.39. The van der Waals surface area contributed by atoms with E-state index in [0.29, 0.717) is 24.8 Å². The van der Waals surface area contributed by atoms with Crippen LogP contribution < -0.4 is 10.6 Å². The van der Waals surface area contributed by atoms with Gasteiger partial charge in [0, 0.05) is 25.4 Å². The smallest absolute Gasteiger partial charge is 0.313 e. The van der Waals surface area contributed by atoms with Gasteiger partial charge in [0.2, 0.25) is 5.82 Å². The zero-order valence-corrected chi connectivity index (χ0v) is 10.6. The molecule has 1 aromatic rings. The molecule has 18 heavy (non-hydrogen) atoms. The maximum atomic E-state index is 11.0. The topological polar surface area (TPSA) is 85.3 Å². The van der Waals surface area contributed by atoms with E-state index in [1.165, 1.54) is 12.3 Å². The number of aromatic nitrogens is 1. The highest BCUT2D eigenvalue weighted by molar-refractivity contribution is 6.30. The van der Waals surface area contributed by atoms with Gasteiger partial charge in [-0.25, -0.2) is 4.98 Å². The van der Waals surface area contributed by atoms with Crippen LogP contribution in [0.3, 0.4) is 0 Å². The molecule has 0 spiro atoms. The van der Waals surface area contributed by atoms with E-state index >= 15 is 0 Å². The fourth-order valence-corrected chi connectivity index (χ4v) is 2.40. The van der Waals surface area contributed by atoms with Crippen molar-refractivity contribution >= 4 is 23.1 Å². The third-order valence-corrected chi connectivity index (χ3v) is 3.37. The molecule has 1 saturated heterocycles. The Balaban J connectivity index is 2.29. The maximum absolute atomic E-state index is 11.0. The number of pyridine rings is 1. The molecule has 1 aliphatic rings. The molecular weight excluding hydrogens is 256 g/mol. The number of nitro groups is 1. The number of nitrogens with two attached hydrogens (primary N) is 1. The van der Waals surface area contributed by atoms with E-state index in [-0.39, 0.29) is 10.7 Å². The van der Waals surface area contributed by atoms with Crippen LogP contribution in [0.5, 0.6) is 0 Å². The van der Waals surface area contributed by atoms with Crippen LogP contribution >= 0.6 is 11.6 Å². The van der Waals surface area contributed by atoms with Crippen molar-refractivity contribution in [2.24, 2.45) is 11.7 Å². The third kappa shape index (κ3) is 2.70. The Morgan fingerprint density at radius 1 is 1.67 bits per heavy atom. The van der Waals surface area contributed by atoms with Crippen LogP contribution in [0.25, 0.3) is 0 Å². The van der Waals surface area contributed by atoms with Crippen LogP contribution in [0.1, 0.15) is 12.8 Å². The molecule has 1 aromatic heterocycles. The molecular formula is C11H15ClN4O2. The molecule has 1 unspecified atom stereocenters. The van der Waals surface area contributed by atoms with E-state index in [0.717, 1.165) is 19.4 Å². The lowest BCUT2D eigenvalue weighted by atomic mass is 9.98. The van der Waals surface area contributed by atoms with Gasteiger partial charge in [-0.05, 0) is 25.3 Å². The van der Waals surface area contributed by atoms with E-state index < -0.39 is 4.92 Å². The highest BCUT2D eigenvalue weighted by Crippen LogP contribution is 2.31. The Bertz CT molecular complexity index is 455. The molecule has 7 heteroatoms. The molecule has 2 N–H and O–H groups in total. The quantitative estimate of drug-likeness (QED) is 0.669. The second kappa shape index (κ2) is 5.49. The second-order valence-corrected chi connectivity index (χ2v) is 4.88. The van der Waals surface area contributed by atoms with Crippen molar-refractivity contribution in [2.75, 3.05) is 24.5 Å². The zero-order chi connectivity index (χ0) is 13.1. The van der Waals surface area contributed by atoms with Gasteiger partial charge >= 0.3 is 5.69 Å². The van der Waals surface area contributed by atoms with Crippen molar-refractivity contribution in [1.29, 1.82) is 0 Å². The van der Waals surface area contributed by atoms with Crippen molar-refractivity contribution in [1.82, 2.24) is 4.98 Å². The lowest BCUT2D eigenvalue weighted by Gasteiger charge is -2.32. The predicted octanol–water partition coefficient (Wildman–Crippen LogP) is 1.82. The lowest BCUT2D eigenvalue weighted by molar-refractivity contribution is -0.384. The van der Waals surface area contributed by atoms with E-state index in [1.807, 2.05) is 4.90 Å². The Morgan fingerprint density at radius 2 is 2.44 bits per heavy atom. The van der Waals surface area contributed by atoms with Crippen molar-refractivity contribution in [2.45, 2.75) is 12.8 Å². The van der Waals surface area contributed by atoms with E-state index in [9.17, 15) is 10.1 Å². The molecule has 0 amide bonds. The summed E-state index contributed by atoms with van der Waals surface area (Å²) in [5.41, 5.74) is 5.62. The molecule has 0 bridgehead atoms. The first-order valence-electron chi connectivity index (χ1n) is 5.86. The predicted molar refractivity (Wildman–Crippen MR) is 69.9 cm³/mol. The minimum atomic E-state index is -0.444. The van der Waals surface area contributed by atoms with Crippen molar-refractivity contribution in [3.63, 3.8) is 0 Å². The maximum Gasteiger partial charge on any atom is 0.313 e. The number of anilines is 1. The molecule has 1 atom stereocenters. The van der Waals surface area contributed by atoms with Gasteiger partial charge in [0.25, 0.3) is 0 Å². The zero-order valence-electron chi connectivity index (χ0n) is 9.88. The highest BCUT2D eigenvalue weighted by atomic mass is 35.5. The molecule has 6 nitrogen and oxygen atoms in total. The van der Waals surface area contributed by atoms with Gasteiger partial charge in [0.1, 0.15) is 0 Å². The average Bonchev–Trinajstić information content (AvgIpc) is 2.38. The Kier molecular flexibility index (Phi) is 3.98. The minimum absolute atomic E-state index is 0.0415. The van der Waals surface area contributed by atoms with Crippen molar-refractivity contribution < 1.29 is 4.92 Å². The van der Waals surface area contributed by atoms with Crippen LogP contribution in [0.2, 0.25) is 5.02 Å². The molecule has 2 heterocycles. The molecule has 1 fully saturated rings. The molecule has 0 aliphatic carbocycles. The third-order valence-electron chi connectivity index (χ3n) is 3.16. The first-order chi connectivity index (χ1) is 8.61. The number of rotatable bonds is 3. The van der Waals surface area contributed by atoms with Gasteiger partial charge in [0.05, 0.1) is 9.95 Å². The fraction of sp³-hybridized carbons (Fsp3) is 0.545. The number of halogens is 1. The average molecular weight is 271 g/mol. The number of piperidine rings is 1. The van der Waals surface area contributed by atoms with Gasteiger partial charge < -0.3 is 10.6 Å². The summed E-state index contributed by atoms with van der Waals surface area (Å²) in [6, 6.07) is 1.34. The Morgan fingerprint density at radius 3 is 3.11 bits per heavy atom. The van der Waals surface area contributed by atoms with Crippen LogP contribution in [-0.2, 0) is 0 Å². The number of hydrogen-bond donors (Lipinski definition) is 1. The van der Waals surface area contributed by atoms with Crippen LogP contribution in [0, 0.1) is 16.0 Å². The van der Waals surface area contributed by atoms with E-state index in [4.69, 9.17) is 17.3 Å². The molecule has 0 radical (unpaired) electrons. The first-order valence-corrected chi connectivity index (χ1v) is 6.24. The normalized spacial score (nSPS) is 19.9. The summed E-state index contributed by atoms with van der Waals surface area (Å²) in [7, 11) is 0. The van der Waals surface area contributed by atoms with Crippen LogP contribution in [0.15, 0.2) is 12.3 Å². The summed E-state index contributed by atoms with van der Waals surface area (Å²) in [5.74, 6) is 0.762. The fourth-order valence-electron chi connectivity index (χ4n) is 2.25. The van der Waals surface area contributed by atoms with Gasteiger partial charge in [-0.3, -0.25) is 10.1 Å². The van der Waals surface area contributed by atoms with Crippen molar-refractivity contribution in [3.05, 3.63) is 27.4 Å². The van der Waals surface area contributed by atoms with Gasteiger partial charge in [-0.15, -0.1) is 0 Å². The van der Waals surface area contributed by atoms with Crippen LogP contribution in [0.4, 0.5) is 11.5 Å². The standard InChI is InChI=1S/C11H15ClN4O2/c12-9-4-10(16(17)18)11(14-6-9)15-3-1-2-8(5-13)7-15/h4,6,8H,1-3,5,7,13H2. The van der Waals surface area contributed by atoms with Gasteiger partial charge in [-0.1, -0.05) is 11.6 Å². The molecule has 98 valence electrons. The van der Waals surface area contributed by atoms with Gasteiger partial charge in [-0.2, -0.15) is 0 Å². The second-order valence-electron chi connectivity index (χ2n) is 4.44. The molecule has 0 saturated carbocycles.